The molecule has 0 saturated carbocycles. The second kappa shape index (κ2) is 7.41. The highest BCUT2D eigenvalue weighted by Crippen LogP contribution is 2.24. The van der Waals surface area contributed by atoms with E-state index in [0.29, 0.717) is 12.4 Å². The molecule has 0 spiro atoms. The van der Waals surface area contributed by atoms with E-state index in [1.807, 2.05) is 31.2 Å². The number of nitrogens with zero attached hydrogens (tertiary/aromatic N) is 2. The van der Waals surface area contributed by atoms with Crippen molar-refractivity contribution in [3.05, 3.63) is 85.2 Å². The van der Waals surface area contributed by atoms with E-state index < -0.39 is 0 Å². The predicted molar refractivity (Wildman–Crippen MR) is 112 cm³/mol. The fourth-order valence-corrected chi connectivity index (χ4v) is 4.12. The maximum atomic E-state index is 12.6. The molecule has 2 aromatic carbocycles. The number of rotatable bonds is 3. The molecule has 1 N–H and O–H groups in total. The maximum absolute atomic E-state index is 12.6. The van der Waals surface area contributed by atoms with Gasteiger partial charge in [0.1, 0.15) is 5.82 Å². The van der Waals surface area contributed by atoms with Gasteiger partial charge in [0.05, 0.1) is 5.69 Å². The van der Waals surface area contributed by atoms with Crippen LogP contribution in [0.15, 0.2) is 51.7 Å². The summed E-state index contributed by atoms with van der Waals surface area (Å²) < 4.78 is 1.13. The minimum absolute atomic E-state index is 0.00765. The third kappa shape index (κ3) is 3.89. The number of aryl methyl sites for hydroxylation is 2. The Morgan fingerprint density at radius 2 is 1.85 bits per heavy atom. The molecule has 138 valence electrons. The molecule has 4 rings (SSSR count). The smallest absolute Gasteiger partial charge is 0.254 e. The molecule has 1 aliphatic rings. The summed E-state index contributed by atoms with van der Waals surface area (Å²) in [6.45, 7) is 6.54. The molecule has 5 heteroatoms. The summed E-state index contributed by atoms with van der Waals surface area (Å²) in [5.74, 6) is 0.650. The molecule has 0 aliphatic carbocycles. The van der Waals surface area contributed by atoms with E-state index in [9.17, 15) is 4.79 Å². The Labute approximate surface area is 167 Å². The molecule has 0 fully saturated rings. The number of nitrogens with one attached hydrogen (secondary N) is 1. The first-order valence-electron chi connectivity index (χ1n) is 9.16. The Balaban J connectivity index is 1.61. The molecule has 1 aromatic heterocycles. The lowest BCUT2D eigenvalue weighted by molar-refractivity contribution is 0.240. The van der Waals surface area contributed by atoms with Crippen molar-refractivity contribution in [3.8, 4) is 11.4 Å². The highest BCUT2D eigenvalue weighted by Gasteiger charge is 2.22. The van der Waals surface area contributed by atoms with Crippen LogP contribution in [0.4, 0.5) is 0 Å². The van der Waals surface area contributed by atoms with Crippen molar-refractivity contribution < 1.29 is 0 Å². The summed E-state index contributed by atoms with van der Waals surface area (Å²) in [6, 6.07) is 14.5. The third-order valence-electron chi connectivity index (χ3n) is 5.08. The van der Waals surface area contributed by atoms with Crippen LogP contribution in [-0.4, -0.2) is 21.4 Å². The number of aromatic amines is 1. The molecule has 4 nitrogen and oxygen atoms in total. The first-order valence-corrected chi connectivity index (χ1v) is 9.95. The molecular formula is C22H22BrN3O. The van der Waals surface area contributed by atoms with E-state index in [0.717, 1.165) is 40.8 Å². The maximum Gasteiger partial charge on any atom is 0.254 e. The fourth-order valence-electron chi connectivity index (χ4n) is 3.50. The molecule has 0 atom stereocenters. The number of halogens is 1. The van der Waals surface area contributed by atoms with E-state index in [2.05, 4.69) is 50.9 Å². The lowest BCUT2D eigenvalue weighted by Crippen LogP contribution is -2.35. The topological polar surface area (TPSA) is 49.0 Å². The summed E-state index contributed by atoms with van der Waals surface area (Å²) in [5.41, 5.74) is 6.34. The van der Waals surface area contributed by atoms with Crippen LogP contribution in [-0.2, 0) is 19.5 Å². The second-order valence-electron chi connectivity index (χ2n) is 7.26. The molecule has 27 heavy (non-hydrogen) atoms. The zero-order chi connectivity index (χ0) is 19.0. The van der Waals surface area contributed by atoms with Gasteiger partial charge in [-0.1, -0.05) is 57.9 Å². The van der Waals surface area contributed by atoms with Gasteiger partial charge in [-0.3, -0.25) is 9.69 Å². The van der Waals surface area contributed by atoms with Crippen molar-refractivity contribution in [3.63, 3.8) is 0 Å². The summed E-state index contributed by atoms with van der Waals surface area (Å²) in [6.07, 6.45) is 0.731. The SMILES string of the molecule is Cc1ccc(-c2nc3c(c(=O)[nH]2)CCN(Cc2ccc(C)cc2Br)C3)cc1. The van der Waals surface area contributed by atoms with Crippen LogP contribution < -0.4 is 5.56 Å². The normalized spacial score (nSPS) is 14.2. The summed E-state index contributed by atoms with van der Waals surface area (Å²) in [4.78, 5) is 22.7. The van der Waals surface area contributed by atoms with E-state index in [-0.39, 0.29) is 5.56 Å². The van der Waals surface area contributed by atoms with Crippen LogP contribution in [0, 0.1) is 13.8 Å². The van der Waals surface area contributed by atoms with E-state index in [1.54, 1.807) is 0 Å². The van der Waals surface area contributed by atoms with Gasteiger partial charge in [-0.05, 0) is 37.5 Å². The van der Waals surface area contributed by atoms with Crippen molar-refractivity contribution in [1.29, 1.82) is 0 Å². The molecule has 0 unspecified atom stereocenters. The van der Waals surface area contributed by atoms with Crippen LogP contribution in [0.3, 0.4) is 0 Å². The molecule has 1 aliphatic heterocycles. The van der Waals surface area contributed by atoms with Crippen molar-refractivity contribution in [2.75, 3.05) is 6.54 Å². The van der Waals surface area contributed by atoms with Crippen LogP contribution in [0.2, 0.25) is 0 Å². The van der Waals surface area contributed by atoms with Gasteiger partial charge in [0.15, 0.2) is 0 Å². The standard InChI is InChI=1S/C22H22BrN3O/c1-14-3-6-16(7-4-14)21-24-20-13-26(10-9-18(20)22(27)25-21)12-17-8-5-15(2)11-19(17)23/h3-8,11H,9-10,12-13H2,1-2H3,(H,24,25,27). The van der Waals surface area contributed by atoms with Gasteiger partial charge in [0, 0.05) is 35.2 Å². The molecule has 3 aromatic rings. The van der Waals surface area contributed by atoms with E-state index >= 15 is 0 Å². The number of benzene rings is 2. The first-order chi connectivity index (χ1) is 13.0. The van der Waals surface area contributed by atoms with Gasteiger partial charge in [-0.15, -0.1) is 0 Å². The largest absolute Gasteiger partial charge is 0.306 e. The Hall–Kier alpha value is -2.24. The highest BCUT2D eigenvalue weighted by atomic mass is 79.9. The van der Waals surface area contributed by atoms with Gasteiger partial charge < -0.3 is 4.98 Å². The first kappa shape index (κ1) is 18.1. The zero-order valence-electron chi connectivity index (χ0n) is 15.6. The molecular weight excluding hydrogens is 402 g/mol. The minimum Gasteiger partial charge on any atom is -0.306 e. The van der Waals surface area contributed by atoms with Crippen molar-refractivity contribution in [2.24, 2.45) is 0 Å². The van der Waals surface area contributed by atoms with Crippen LogP contribution in [0.25, 0.3) is 11.4 Å². The quantitative estimate of drug-likeness (QED) is 0.679. The highest BCUT2D eigenvalue weighted by molar-refractivity contribution is 9.10. The lowest BCUT2D eigenvalue weighted by Gasteiger charge is -2.28. The second-order valence-corrected chi connectivity index (χ2v) is 8.12. The van der Waals surface area contributed by atoms with Crippen molar-refractivity contribution >= 4 is 15.9 Å². The van der Waals surface area contributed by atoms with Crippen LogP contribution >= 0.6 is 15.9 Å². The number of hydrogen-bond acceptors (Lipinski definition) is 3. The molecule has 0 saturated heterocycles. The zero-order valence-corrected chi connectivity index (χ0v) is 17.1. The van der Waals surface area contributed by atoms with Gasteiger partial charge in [-0.2, -0.15) is 0 Å². The molecule has 0 amide bonds. The number of H-pyrrole nitrogens is 1. The van der Waals surface area contributed by atoms with Crippen molar-refractivity contribution in [2.45, 2.75) is 33.4 Å². The predicted octanol–water partition coefficient (Wildman–Crippen LogP) is 4.37. The Morgan fingerprint density at radius 3 is 2.59 bits per heavy atom. The third-order valence-corrected chi connectivity index (χ3v) is 5.82. The summed E-state index contributed by atoms with van der Waals surface area (Å²) >= 11 is 3.67. The van der Waals surface area contributed by atoms with Crippen molar-refractivity contribution in [1.82, 2.24) is 14.9 Å². The number of fused-ring (bicyclic) bond motifs is 1. The van der Waals surface area contributed by atoms with Crippen LogP contribution in [0.1, 0.15) is 27.9 Å². The molecule has 2 heterocycles. The van der Waals surface area contributed by atoms with E-state index in [4.69, 9.17) is 4.98 Å². The van der Waals surface area contributed by atoms with Gasteiger partial charge in [0.2, 0.25) is 0 Å². The molecule has 0 radical (unpaired) electrons. The summed E-state index contributed by atoms with van der Waals surface area (Å²) in [5, 5.41) is 0. The Kier molecular flexibility index (Phi) is 4.98. The fraction of sp³-hybridized carbons (Fsp3) is 0.273. The number of hydrogen-bond donors (Lipinski definition) is 1. The minimum atomic E-state index is -0.00765. The van der Waals surface area contributed by atoms with Gasteiger partial charge in [0.25, 0.3) is 5.56 Å². The lowest BCUT2D eigenvalue weighted by atomic mass is 10.0. The Bertz CT molecular complexity index is 1040. The Morgan fingerprint density at radius 1 is 1.11 bits per heavy atom. The van der Waals surface area contributed by atoms with Gasteiger partial charge in [-0.25, -0.2) is 4.98 Å². The monoisotopic (exact) mass is 423 g/mol. The van der Waals surface area contributed by atoms with Crippen LogP contribution in [0.5, 0.6) is 0 Å². The van der Waals surface area contributed by atoms with E-state index in [1.165, 1.54) is 16.7 Å². The summed E-state index contributed by atoms with van der Waals surface area (Å²) in [7, 11) is 0. The number of aromatic nitrogens is 2. The molecule has 0 bridgehead atoms. The van der Waals surface area contributed by atoms with Gasteiger partial charge >= 0.3 is 0 Å². The average molecular weight is 424 g/mol. The average Bonchev–Trinajstić information content (AvgIpc) is 2.64.